The molecule has 2 fully saturated rings. The highest BCUT2D eigenvalue weighted by Gasteiger charge is 2.26. The van der Waals surface area contributed by atoms with E-state index in [1.807, 2.05) is 65.6 Å². The second kappa shape index (κ2) is 10.2. The van der Waals surface area contributed by atoms with E-state index in [0.29, 0.717) is 6.54 Å². The van der Waals surface area contributed by atoms with E-state index in [1.54, 1.807) is 0 Å². The van der Waals surface area contributed by atoms with Crippen LogP contribution in [-0.4, -0.2) is 80.0 Å². The fourth-order valence-electron chi connectivity index (χ4n) is 4.77. The van der Waals surface area contributed by atoms with Crippen molar-refractivity contribution in [3.63, 3.8) is 0 Å². The van der Waals surface area contributed by atoms with Crippen LogP contribution in [0.15, 0.2) is 60.7 Å². The minimum atomic E-state index is 0.134. The number of anilines is 2. The Hall–Kier alpha value is -2.21. The molecule has 5 heteroatoms. The molecular weight excluding hydrogens is 372 g/mol. The van der Waals surface area contributed by atoms with Crippen molar-refractivity contribution < 1.29 is 4.79 Å². The van der Waals surface area contributed by atoms with Gasteiger partial charge in [-0.15, -0.1) is 0 Å². The summed E-state index contributed by atoms with van der Waals surface area (Å²) in [7, 11) is 2.24. The first-order valence-corrected chi connectivity index (χ1v) is 11.3. The first-order chi connectivity index (χ1) is 14.7. The molecule has 0 aromatic heterocycles. The summed E-state index contributed by atoms with van der Waals surface area (Å²) in [5.74, 6) is 0.929. The fourth-order valence-corrected chi connectivity index (χ4v) is 4.77. The van der Waals surface area contributed by atoms with Gasteiger partial charge in [-0.2, -0.15) is 0 Å². The van der Waals surface area contributed by atoms with Crippen molar-refractivity contribution in [3.8, 4) is 0 Å². The number of carbonyl (C=O) groups is 1. The number of nitrogens with zero attached hydrogens (tertiary/aromatic N) is 4. The number of piperidine rings is 1. The van der Waals surface area contributed by atoms with Crippen molar-refractivity contribution in [2.45, 2.75) is 12.8 Å². The maximum atomic E-state index is 13.3. The van der Waals surface area contributed by atoms with Gasteiger partial charge in [0.25, 0.3) is 0 Å². The Bertz CT molecular complexity index is 750. The van der Waals surface area contributed by atoms with Crippen molar-refractivity contribution >= 4 is 17.3 Å². The third-order valence-electron chi connectivity index (χ3n) is 6.34. The van der Waals surface area contributed by atoms with E-state index < -0.39 is 0 Å². The summed E-state index contributed by atoms with van der Waals surface area (Å²) >= 11 is 0. The molecule has 2 saturated heterocycles. The molecule has 0 spiro atoms. The van der Waals surface area contributed by atoms with E-state index in [1.165, 1.54) is 32.5 Å². The number of amides is 1. The highest BCUT2D eigenvalue weighted by molar-refractivity contribution is 6.01. The zero-order valence-electron chi connectivity index (χ0n) is 18.1. The molecule has 0 aliphatic carbocycles. The third-order valence-corrected chi connectivity index (χ3v) is 6.34. The second-order valence-electron chi connectivity index (χ2n) is 8.75. The van der Waals surface area contributed by atoms with Crippen molar-refractivity contribution in [1.29, 1.82) is 0 Å². The molecule has 1 atom stereocenters. The summed E-state index contributed by atoms with van der Waals surface area (Å²) < 4.78 is 0. The lowest BCUT2D eigenvalue weighted by Gasteiger charge is -2.38. The van der Waals surface area contributed by atoms with Gasteiger partial charge in [-0.25, -0.2) is 0 Å². The highest BCUT2D eigenvalue weighted by Crippen LogP contribution is 2.25. The van der Waals surface area contributed by atoms with Gasteiger partial charge in [0.2, 0.25) is 5.91 Å². The minimum Gasteiger partial charge on any atom is -0.306 e. The molecule has 2 heterocycles. The Labute approximate surface area is 180 Å². The molecular formula is C25H34N4O. The van der Waals surface area contributed by atoms with E-state index >= 15 is 0 Å². The maximum Gasteiger partial charge on any atom is 0.245 e. The number of benzene rings is 2. The number of hydrogen-bond acceptors (Lipinski definition) is 4. The predicted octanol–water partition coefficient (Wildman–Crippen LogP) is 3.31. The zero-order valence-corrected chi connectivity index (χ0v) is 18.1. The minimum absolute atomic E-state index is 0.134. The number of para-hydroxylation sites is 2. The molecule has 0 bridgehead atoms. The Kier molecular flexibility index (Phi) is 7.16. The average Bonchev–Trinajstić information content (AvgIpc) is 2.77. The number of piperazine rings is 1. The Morgan fingerprint density at radius 2 is 1.43 bits per heavy atom. The van der Waals surface area contributed by atoms with Crippen LogP contribution in [-0.2, 0) is 4.79 Å². The van der Waals surface area contributed by atoms with E-state index in [2.05, 4.69) is 21.7 Å². The first-order valence-electron chi connectivity index (χ1n) is 11.3. The summed E-state index contributed by atoms with van der Waals surface area (Å²) in [5.41, 5.74) is 1.85. The molecule has 2 aromatic carbocycles. The monoisotopic (exact) mass is 406 g/mol. The molecule has 30 heavy (non-hydrogen) atoms. The van der Waals surface area contributed by atoms with Gasteiger partial charge in [0, 0.05) is 50.6 Å². The highest BCUT2D eigenvalue weighted by atomic mass is 16.2. The van der Waals surface area contributed by atoms with Crippen molar-refractivity contribution in [1.82, 2.24) is 14.7 Å². The molecule has 0 N–H and O–H groups in total. The van der Waals surface area contributed by atoms with Gasteiger partial charge in [-0.05, 0) is 56.6 Å². The van der Waals surface area contributed by atoms with Gasteiger partial charge in [0.05, 0.1) is 6.54 Å². The Balaban J connectivity index is 1.34. The Morgan fingerprint density at radius 1 is 0.867 bits per heavy atom. The van der Waals surface area contributed by atoms with Crippen molar-refractivity contribution in [2.75, 3.05) is 64.3 Å². The normalized spacial score (nSPS) is 21.4. The molecule has 0 radical (unpaired) electrons. The summed E-state index contributed by atoms with van der Waals surface area (Å²) in [6.07, 6.45) is 2.68. The average molecular weight is 407 g/mol. The standard InChI is InChI=1S/C25H34N4O/c1-26-14-8-9-22(19-26)20-27-15-17-28(18-16-27)21-25(30)29(23-10-4-2-5-11-23)24-12-6-3-7-13-24/h2-7,10-13,22H,8-9,14-21H2,1H3. The van der Waals surface area contributed by atoms with E-state index in [-0.39, 0.29) is 5.91 Å². The molecule has 2 aromatic rings. The van der Waals surface area contributed by atoms with Crippen molar-refractivity contribution in [3.05, 3.63) is 60.7 Å². The van der Waals surface area contributed by atoms with Crippen LogP contribution >= 0.6 is 0 Å². The fraction of sp³-hybridized carbons (Fsp3) is 0.480. The van der Waals surface area contributed by atoms with Gasteiger partial charge in [0.15, 0.2) is 0 Å². The van der Waals surface area contributed by atoms with Crippen LogP contribution in [0.25, 0.3) is 0 Å². The van der Waals surface area contributed by atoms with E-state index in [0.717, 1.165) is 43.5 Å². The number of hydrogen-bond donors (Lipinski definition) is 0. The summed E-state index contributed by atoms with van der Waals surface area (Å²) in [4.78, 5) is 22.5. The lowest BCUT2D eigenvalue weighted by atomic mass is 9.97. The summed E-state index contributed by atoms with van der Waals surface area (Å²) in [5, 5.41) is 0. The van der Waals surface area contributed by atoms with E-state index in [4.69, 9.17) is 0 Å². The molecule has 160 valence electrons. The second-order valence-corrected chi connectivity index (χ2v) is 8.75. The quantitative estimate of drug-likeness (QED) is 0.736. The van der Waals surface area contributed by atoms with Gasteiger partial charge in [-0.3, -0.25) is 14.6 Å². The van der Waals surface area contributed by atoms with Gasteiger partial charge in [-0.1, -0.05) is 36.4 Å². The van der Waals surface area contributed by atoms with Crippen LogP contribution in [0.1, 0.15) is 12.8 Å². The number of carbonyl (C=O) groups excluding carboxylic acids is 1. The molecule has 4 rings (SSSR count). The summed E-state index contributed by atoms with van der Waals surface area (Å²) in [6, 6.07) is 19.9. The predicted molar refractivity (Wildman–Crippen MR) is 123 cm³/mol. The van der Waals surface area contributed by atoms with Gasteiger partial charge >= 0.3 is 0 Å². The van der Waals surface area contributed by atoms with Gasteiger partial charge in [0.1, 0.15) is 0 Å². The molecule has 1 amide bonds. The lowest BCUT2D eigenvalue weighted by molar-refractivity contribution is -0.119. The molecule has 2 aliphatic heterocycles. The molecule has 1 unspecified atom stereocenters. The number of rotatable bonds is 6. The van der Waals surface area contributed by atoms with Crippen LogP contribution in [0.3, 0.4) is 0 Å². The maximum absolute atomic E-state index is 13.3. The van der Waals surface area contributed by atoms with Gasteiger partial charge < -0.3 is 9.80 Å². The van der Waals surface area contributed by atoms with E-state index in [9.17, 15) is 4.79 Å². The summed E-state index contributed by atoms with van der Waals surface area (Å²) in [6.45, 7) is 8.18. The lowest BCUT2D eigenvalue weighted by Crippen LogP contribution is -2.51. The van der Waals surface area contributed by atoms with Crippen LogP contribution in [0, 0.1) is 5.92 Å². The molecule has 2 aliphatic rings. The van der Waals surface area contributed by atoms with Crippen molar-refractivity contribution in [2.24, 2.45) is 5.92 Å². The number of likely N-dealkylation sites (tertiary alicyclic amines) is 1. The smallest absolute Gasteiger partial charge is 0.245 e. The SMILES string of the molecule is CN1CCCC(CN2CCN(CC(=O)N(c3ccccc3)c3ccccc3)CC2)C1. The zero-order chi connectivity index (χ0) is 20.8. The van der Waals surface area contributed by atoms with Crippen LogP contribution in [0.4, 0.5) is 11.4 Å². The topological polar surface area (TPSA) is 30.0 Å². The van der Waals surface area contributed by atoms with Crippen LogP contribution < -0.4 is 4.90 Å². The van der Waals surface area contributed by atoms with Crippen LogP contribution in [0.2, 0.25) is 0 Å². The third kappa shape index (κ3) is 5.48. The first kappa shape index (κ1) is 21.0. The molecule has 5 nitrogen and oxygen atoms in total. The largest absolute Gasteiger partial charge is 0.306 e. The van der Waals surface area contributed by atoms with Crippen LogP contribution in [0.5, 0.6) is 0 Å². The Morgan fingerprint density at radius 3 is 2.00 bits per heavy atom. The molecule has 0 saturated carbocycles.